The second-order valence-electron chi connectivity index (χ2n) is 5.00. The van der Waals surface area contributed by atoms with Gasteiger partial charge in [0.05, 0.1) is 11.5 Å². The number of hydrogen-bond donors (Lipinski definition) is 0. The Morgan fingerprint density at radius 1 is 1.55 bits per heavy atom. The molecule has 0 radical (unpaired) electrons. The predicted molar refractivity (Wildman–Crippen MR) is 77.2 cm³/mol. The van der Waals surface area contributed by atoms with E-state index in [4.69, 9.17) is 16.3 Å². The van der Waals surface area contributed by atoms with Gasteiger partial charge in [-0.3, -0.25) is 0 Å². The number of hydrogen-bond acceptors (Lipinski definition) is 4. The Hall–Kier alpha value is -0.690. The van der Waals surface area contributed by atoms with Gasteiger partial charge < -0.3 is 4.74 Å². The summed E-state index contributed by atoms with van der Waals surface area (Å²) in [5.74, 6) is 0.443. The largest absolute Gasteiger partial charge is 0.383 e. The number of halogens is 1. The van der Waals surface area contributed by atoms with E-state index >= 15 is 0 Å². The van der Waals surface area contributed by atoms with Crippen LogP contribution in [-0.2, 0) is 14.8 Å². The van der Waals surface area contributed by atoms with Gasteiger partial charge in [0.25, 0.3) is 0 Å². The van der Waals surface area contributed by atoms with E-state index in [1.54, 1.807) is 7.11 Å². The van der Waals surface area contributed by atoms with Crippen molar-refractivity contribution in [1.29, 1.82) is 0 Å². The molecule has 0 amide bonds. The average Bonchev–Trinajstić information content (AvgIpc) is 3.23. The van der Waals surface area contributed by atoms with Crippen LogP contribution in [0.25, 0.3) is 0 Å². The quantitative estimate of drug-likeness (QED) is 0.723. The smallest absolute Gasteiger partial charge is 0.243 e. The molecule has 1 aliphatic carbocycles. The highest BCUT2D eigenvalue weighted by Gasteiger charge is 2.38. The van der Waals surface area contributed by atoms with Gasteiger partial charge in [-0.05, 0) is 37.8 Å². The molecule has 112 valence electrons. The molecule has 1 heterocycles. The summed E-state index contributed by atoms with van der Waals surface area (Å²) in [6, 6.07) is 2.83. The lowest BCUT2D eigenvalue weighted by atomic mass is 10.2. The van der Waals surface area contributed by atoms with E-state index in [0.29, 0.717) is 19.1 Å². The SMILES string of the molecule is COCCN(C(C)C1CC1)S(=O)(=O)c1ccnc(Cl)c1. The Morgan fingerprint density at radius 3 is 2.80 bits per heavy atom. The van der Waals surface area contributed by atoms with Crippen LogP contribution in [0, 0.1) is 5.92 Å². The first-order chi connectivity index (χ1) is 9.46. The van der Waals surface area contributed by atoms with E-state index in [1.807, 2.05) is 6.92 Å². The molecule has 0 bridgehead atoms. The highest BCUT2D eigenvalue weighted by atomic mass is 35.5. The molecule has 1 aromatic rings. The van der Waals surface area contributed by atoms with Gasteiger partial charge in [-0.15, -0.1) is 0 Å². The molecule has 0 aromatic carbocycles. The van der Waals surface area contributed by atoms with Gasteiger partial charge in [0.2, 0.25) is 10.0 Å². The third-order valence-electron chi connectivity index (χ3n) is 3.58. The second-order valence-corrected chi connectivity index (χ2v) is 7.28. The van der Waals surface area contributed by atoms with Gasteiger partial charge >= 0.3 is 0 Å². The molecule has 20 heavy (non-hydrogen) atoms. The zero-order chi connectivity index (χ0) is 14.8. The zero-order valence-corrected chi connectivity index (χ0v) is 13.2. The Balaban J connectivity index is 2.30. The van der Waals surface area contributed by atoms with Gasteiger partial charge in [-0.25, -0.2) is 13.4 Å². The summed E-state index contributed by atoms with van der Waals surface area (Å²) in [6.45, 7) is 2.67. The van der Waals surface area contributed by atoms with Crippen molar-refractivity contribution in [3.05, 3.63) is 23.5 Å². The monoisotopic (exact) mass is 318 g/mol. The third kappa shape index (κ3) is 3.49. The zero-order valence-electron chi connectivity index (χ0n) is 11.6. The molecule has 1 saturated carbocycles. The van der Waals surface area contributed by atoms with Crippen LogP contribution in [-0.4, -0.2) is 44.0 Å². The average molecular weight is 319 g/mol. The predicted octanol–water partition coefficient (Wildman–Crippen LogP) is 2.17. The minimum atomic E-state index is -3.57. The van der Waals surface area contributed by atoms with Crippen molar-refractivity contribution >= 4 is 21.6 Å². The molecular weight excluding hydrogens is 300 g/mol. The lowest BCUT2D eigenvalue weighted by Crippen LogP contribution is -2.41. The van der Waals surface area contributed by atoms with Crippen molar-refractivity contribution in [3.8, 4) is 0 Å². The maximum Gasteiger partial charge on any atom is 0.243 e. The van der Waals surface area contributed by atoms with Crippen molar-refractivity contribution < 1.29 is 13.2 Å². The molecule has 1 unspecified atom stereocenters. The molecule has 1 fully saturated rings. The minimum absolute atomic E-state index is 0.0258. The second kappa shape index (κ2) is 6.39. The van der Waals surface area contributed by atoms with Gasteiger partial charge in [0.1, 0.15) is 5.15 Å². The van der Waals surface area contributed by atoms with Gasteiger partial charge in [0.15, 0.2) is 0 Å². The lowest BCUT2D eigenvalue weighted by Gasteiger charge is -2.28. The maximum absolute atomic E-state index is 12.7. The van der Waals surface area contributed by atoms with Crippen LogP contribution in [0.15, 0.2) is 23.2 Å². The number of methoxy groups -OCH3 is 1. The maximum atomic E-state index is 12.7. The van der Waals surface area contributed by atoms with E-state index < -0.39 is 10.0 Å². The third-order valence-corrected chi connectivity index (χ3v) is 5.77. The number of aromatic nitrogens is 1. The van der Waals surface area contributed by atoms with E-state index in [9.17, 15) is 8.42 Å². The van der Waals surface area contributed by atoms with Crippen LogP contribution in [0.2, 0.25) is 5.15 Å². The lowest BCUT2D eigenvalue weighted by molar-refractivity contribution is 0.164. The van der Waals surface area contributed by atoms with E-state index in [0.717, 1.165) is 12.8 Å². The van der Waals surface area contributed by atoms with Crippen LogP contribution < -0.4 is 0 Å². The molecule has 0 N–H and O–H groups in total. The van der Waals surface area contributed by atoms with Crippen molar-refractivity contribution in [1.82, 2.24) is 9.29 Å². The summed E-state index contributed by atoms with van der Waals surface area (Å²) in [5.41, 5.74) is 0. The molecule has 0 aliphatic heterocycles. The van der Waals surface area contributed by atoms with Crippen molar-refractivity contribution in [2.24, 2.45) is 5.92 Å². The van der Waals surface area contributed by atoms with Gasteiger partial charge in [-0.2, -0.15) is 4.31 Å². The van der Waals surface area contributed by atoms with Crippen LogP contribution in [0.4, 0.5) is 0 Å². The van der Waals surface area contributed by atoms with Crippen LogP contribution in [0.1, 0.15) is 19.8 Å². The Labute approximate surface area is 125 Å². The number of rotatable bonds is 7. The van der Waals surface area contributed by atoms with Crippen molar-refractivity contribution in [3.63, 3.8) is 0 Å². The molecular formula is C13H19ClN2O3S. The normalized spacial score (nSPS) is 17.4. The molecule has 7 heteroatoms. The summed E-state index contributed by atoms with van der Waals surface area (Å²) in [7, 11) is -2.01. The molecule has 1 aromatic heterocycles. The Morgan fingerprint density at radius 2 is 2.25 bits per heavy atom. The fourth-order valence-electron chi connectivity index (χ4n) is 2.22. The van der Waals surface area contributed by atoms with Gasteiger partial charge in [-0.1, -0.05) is 11.6 Å². The van der Waals surface area contributed by atoms with Crippen molar-refractivity contribution in [2.45, 2.75) is 30.7 Å². The molecule has 1 atom stereocenters. The first-order valence-electron chi connectivity index (χ1n) is 6.59. The fourth-order valence-corrected chi connectivity index (χ4v) is 4.15. The fraction of sp³-hybridized carbons (Fsp3) is 0.615. The first-order valence-corrected chi connectivity index (χ1v) is 8.41. The summed E-state index contributed by atoms with van der Waals surface area (Å²) in [4.78, 5) is 4.01. The van der Waals surface area contributed by atoms with E-state index in [-0.39, 0.29) is 16.1 Å². The standard InChI is InChI=1S/C13H19ClN2O3S/c1-10(11-3-4-11)16(7-8-19-2)20(17,18)12-5-6-15-13(14)9-12/h5-6,9-11H,3-4,7-8H2,1-2H3. The molecule has 2 rings (SSSR count). The molecule has 0 spiro atoms. The van der Waals surface area contributed by atoms with Crippen molar-refractivity contribution in [2.75, 3.05) is 20.3 Å². The number of pyridine rings is 1. The summed E-state index contributed by atoms with van der Waals surface area (Å²) >= 11 is 5.80. The summed E-state index contributed by atoms with van der Waals surface area (Å²) < 4.78 is 32.0. The topological polar surface area (TPSA) is 59.5 Å². The Kier molecular flexibility index (Phi) is 5.01. The van der Waals surface area contributed by atoms with Crippen LogP contribution >= 0.6 is 11.6 Å². The number of sulfonamides is 1. The number of ether oxygens (including phenoxy) is 1. The van der Waals surface area contributed by atoms with Crippen LogP contribution in [0.5, 0.6) is 0 Å². The summed E-state index contributed by atoms with van der Waals surface area (Å²) in [5, 5.41) is 0.178. The summed E-state index contributed by atoms with van der Waals surface area (Å²) in [6.07, 6.45) is 3.57. The first kappa shape index (κ1) is 15.7. The van der Waals surface area contributed by atoms with Crippen LogP contribution in [0.3, 0.4) is 0 Å². The highest BCUT2D eigenvalue weighted by molar-refractivity contribution is 7.89. The van der Waals surface area contributed by atoms with E-state index in [2.05, 4.69) is 4.98 Å². The number of nitrogens with zero attached hydrogens (tertiary/aromatic N) is 2. The minimum Gasteiger partial charge on any atom is -0.383 e. The van der Waals surface area contributed by atoms with E-state index in [1.165, 1.54) is 22.6 Å². The Bertz CT molecular complexity index is 560. The molecule has 1 aliphatic rings. The highest BCUT2D eigenvalue weighted by Crippen LogP contribution is 2.37. The van der Waals surface area contributed by atoms with Gasteiger partial charge in [0, 0.05) is 25.9 Å². The molecule has 5 nitrogen and oxygen atoms in total. The molecule has 0 saturated heterocycles.